The quantitative estimate of drug-likeness (QED) is 0.0707. The van der Waals surface area contributed by atoms with E-state index < -0.39 is 17.7 Å². The zero-order valence-corrected chi connectivity index (χ0v) is 25.8. The number of ether oxygens (including phenoxy) is 3. The zero-order chi connectivity index (χ0) is 29.8. The molecule has 216 valence electrons. The number of halogens is 3. The molecule has 13 heteroatoms. The van der Waals surface area contributed by atoms with Gasteiger partial charge in [-0.3, -0.25) is 14.4 Å². The number of carbonyl (C=O) groups excluding carboxylic acids is 3. The number of benzene rings is 3. The normalized spacial score (nSPS) is 10.7. The van der Waals surface area contributed by atoms with Crippen LogP contribution in [0.1, 0.15) is 25.3 Å². The van der Waals surface area contributed by atoms with Gasteiger partial charge >= 0.3 is 11.8 Å². The lowest BCUT2D eigenvalue weighted by Crippen LogP contribution is -2.32. The Bertz CT molecular complexity index is 1400. The summed E-state index contributed by atoms with van der Waals surface area (Å²) in [7, 11) is 1.45. The molecule has 0 aliphatic rings. The number of hydrogen-bond donors (Lipinski definition) is 3. The smallest absolute Gasteiger partial charge is 0.329 e. The number of nitrogens with zero attached hydrogens (tertiary/aromatic N) is 1. The number of carbonyl (C=O) groups is 3. The summed E-state index contributed by atoms with van der Waals surface area (Å²) >= 11 is 13.9. The molecule has 10 nitrogen and oxygen atoms in total. The number of hydrazone groups is 1. The Kier molecular flexibility index (Phi) is 12.5. The largest absolute Gasteiger partial charge is 0.494 e. The van der Waals surface area contributed by atoms with E-state index >= 15 is 0 Å². The Hall–Kier alpha value is -3.55. The highest BCUT2D eigenvalue weighted by atomic mass is 127. The molecule has 0 heterocycles. The minimum Gasteiger partial charge on any atom is -0.494 e. The predicted octanol–water partition coefficient (Wildman–Crippen LogP) is 5.89. The molecule has 0 saturated carbocycles. The van der Waals surface area contributed by atoms with Gasteiger partial charge in [-0.2, -0.15) is 5.10 Å². The summed E-state index contributed by atoms with van der Waals surface area (Å²) in [6, 6.07) is 14.7. The number of hydrogen-bond acceptors (Lipinski definition) is 7. The van der Waals surface area contributed by atoms with Crippen LogP contribution in [0.15, 0.2) is 59.7 Å². The SMILES string of the molecule is CCCCOc1ccc(NC(=O)C(=O)N/N=C\c2cc(I)c(OCC(=O)Nc3cc(Cl)cc(Cl)c3)c(OC)c2)cc1. The molecule has 3 aromatic carbocycles. The van der Waals surface area contributed by atoms with E-state index in [1.165, 1.54) is 13.3 Å². The fourth-order valence-corrected chi connectivity index (χ4v) is 4.60. The summed E-state index contributed by atoms with van der Waals surface area (Å²) in [4.78, 5) is 36.8. The third kappa shape index (κ3) is 10.4. The van der Waals surface area contributed by atoms with Crippen LogP contribution in [-0.2, 0) is 14.4 Å². The Morgan fingerprint density at radius 2 is 1.63 bits per heavy atom. The van der Waals surface area contributed by atoms with E-state index in [1.807, 2.05) is 22.6 Å². The van der Waals surface area contributed by atoms with Gasteiger partial charge in [0.25, 0.3) is 5.91 Å². The van der Waals surface area contributed by atoms with E-state index in [2.05, 4.69) is 28.1 Å². The summed E-state index contributed by atoms with van der Waals surface area (Å²) in [6.45, 7) is 2.39. The average Bonchev–Trinajstić information content (AvgIpc) is 2.92. The first-order valence-electron chi connectivity index (χ1n) is 12.3. The van der Waals surface area contributed by atoms with E-state index in [4.69, 9.17) is 37.4 Å². The van der Waals surface area contributed by atoms with Gasteiger partial charge in [0.05, 0.1) is 23.5 Å². The Labute approximate surface area is 260 Å². The average molecular weight is 713 g/mol. The first-order valence-corrected chi connectivity index (χ1v) is 14.2. The summed E-state index contributed by atoms with van der Waals surface area (Å²) < 4.78 is 17.3. The molecule has 0 aromatic heterocycles. The van der Waals surface area contributed by atoms with Crippen molar-refractivity contribution in [3.63, 3.8) is 0 Å². The molecule has 0 radical (unpaired) electrons. The van der Waals surface area contributed by atoms with E-state index in [0.717, 1.165) is 12.8 Å². The third-order valence-electron chi connectivity index (χ3n) is 5.21. The standard InChI is InChI=1S/C28H27Cl2IN4O6/c1-3-4-9-40-22-7-5-20(6-8-22)34-27(37)28(38)35-32-15-17-10-23(31)26(24(11-17)39-2)41-16-25(36)33-21-13-18(29)12-19(30)14-21/h5-8,10-15H,3-4,9,16H2,1-2H3,(H,33,36)(H,34,37)(H,35,38)/b32-15-. The monoisotopic (exact) mass is 712 g/mol. The molecule has 3 N–H and O–H groups in total. The summed E-state index contributed by atoms with van der Waals surface area (Å²) in [5.41, 5.74) is 3.62. The van der Waals surface area contributed by atoms with Crippen molar-refractivity contribution in [2.45, 2.75) is 19.8 Å². The minimum absolute atomic E-state index is 0.302. The molecule has 0 aliphatic carbocycles. The van der Waals surface area contributed by atoms with Crippen molar-refractivity contribution >= 4 is 81.1 Å². The Morgan fingerprint density at radius 1 is 0.927 bits per heavy atom. The fourth-order valence-electron chi connectivity index (χ4n) is 3.29. The van der Waals surface area contributed by atoms with Gasteiger partial charge in [0.15, 0.2) is 18.1 Å². The summed E-state index contributed by atoms with van der Waals surface area (Å²) in [5, 5.41) is 9.78. The fraction of sp³-hybridized carbons (Fsp3) is 0.214. The molecule has 3 amide bonds. The van der Waals surface area contributed by atoms with Gasteiger partial charge in [0, 0.05) is 21.4 Å². The van der Waals surface area contributed by atoms with Gasteiger partial charge in [-0.1, -0.05) is 36.5 Å². The predicted molar refractivity (Wildman–Crippen MR) is 168 cm³/mol. The minimum atomic E-state index is -0.946. The van der Waals surface area contributed by atoms with Gasteiger partial charge in [0.2, 0.25) is 0 Å². The van der Waals surface area contributed by atoms with Gasteiger partial charge in [-0.25, -0.2) is 5.43 Å². The van der Waals surface area contributed by atoms with Gasteiger partial charge in [-0.15, -0.1) is 0 Å². The van der Waals surface area contributed by atoms with Gasteiger partial charge in [0.1, 0.15) is 5.75 Å². The van der Waals surface area contributed by atoms with E-state index in [-0.39, 0.29) is 6.61 Å². The maximum atomic E-state index is 12.4. The van der Waals surface area contributed by atoms with Crippen LogP contribution in [-0.4, -0.2) is 44.3 Å². The highest BCUT2D eigenvalue weighted by molar-refractivity contribution is 14.1. The van der Waals surface area contributed by atoms with Crippen molar-refractivity contribution < 1.29 is 28.6 Å². The molecule has 0 saturated heterocycles. The van der Waals surface area contributed by atoms with Crippen LogP contribution in [0.2, 0.25) is 10.0 Å². The van der Waals surface area contributed by atoms with E-state index in [0.29, 0.717) is 54.4 Å². The number of unbranched alkanes of at least 4 members (excludes halogenated alkanes) is 1. The summed E-state index contributed by atoms with van der Waals surface area (Å²) in [6.07, 6.45) is 3.32. The lowest BCUT2D eigenvalue weighted by atomic mass is 10.2. The number of amides is 3. The molecule has 41 heavy (non-hydrogen) atoms. The van der Waals surface area contributed by atoms with Gasteiger partial charge < -0.3 is 24.8 Å². The molecule has 0 atom stereocenters. The van der Waals surface area contributed by atoms with Crippen molar-refractivity contribution in [3.05, 3.63) is 73.8 Å². The van der Waals surface area contributed by atoms with Crippen molar-refractivity contribution in [2.75, 3.05) is 31.0 Å². The lowest BCUT2D eigenvalue weighted by molar-refractivity contribution is -0.136. The lowest BCUT2D eigenvalue weighted by Gasteiger charge is -2.13. The molecular formula is C28H27Cl2IN4O6. The van der Waals surface area contributed by atoms with Crippen LogP contribution >= 0.6 is 45.8 Å². The first-order chi connectivity index (χ1) is 19.7. The zero-order valence-electron chi connectivity index (χ0n) is 22.1. The molecular weight excluding hydrogens is 686 g/mol. The molecule has 0 fully saturated rings. The highest BCUT2D eigenvalue weighted by Crippen LogP contribution is 2.33. The molecule has 0 aliphatic heterocycles. The van der Waals surface area contributed by atoms with Crippen molar-refractivity contribution in [1.29, 1.82) is 0 Å². The number of rotatable bonds is 12. The van der Waals surface area contributed by atoms with Crippen LogP contribution in [0.25, 0.3) is 0 Å². The number of methoxy groups -OCH3 is 1. The Morgan fingerprint density at radius 3 is 2.29 bits per heavy atom. The number of anilines is 2. The topological polar surface area (TPSA) is 127 Å². The first kappa shape index (κ1) is 32.0. The van der Waals surface area contributed by atoms with Crippen molar-refractivity contribution in [1.82, 2.24) is 5.43 Å². The van der Waals surface area contributed by atoms with Gasteiger partial charge in [-0.05, 0) is 89.2 Å². The third-order valence-corrected chi connectivity index (χ3v) is 6.45. The van der Waals surface area contributed by atoms with Crippen LogP contribution in [0.4, 0.5) is 11.4 Å². The molecule has 0 bridgehead atoms. The molecule has 3 rings (SSSR count). The van der Waals surface area contributed by atoms with Crippen LogP contribution in [0.5, 0.6) is 17.2 Å². The van der Waals surface area contributed by atoms with Crippen LogP contribution in [0.3, 0.4) is 0 Å². The van der Waals surface area contributed by atoms with Crippen molar-refractivity contribution in [2.24, 2.45) is 5.10 Å². The van der Waals surface area contributed by atoms with Crippen molar-refractivity contribution in [3.8, 4) is 17.2 Å². The summed E-state index contributed by atoms with van der Waals surface area (Å²) in [5.74, 6) is -0.894. The Balaban J connectivity index is 1.53. The maximum absolute atomic E-state index is 12.4. The maximum Gasteiger partial charge on any atom is 0.329 e. The van der Waals surface area contributed by atoms with Crippen LogP contribution in [0, 0.1) is 3.57 Å². The second-order valence-electron chi connectivity index (χ2n) is 8.41. The van der Waals surface area contributed by atoms with Crippen LogP contribution < -0.4 is 30.3 Å². The number of nitrogens with one attached hydrogen (secondary N) is 3. The van der Waals surface area contributed by atoms with E-state index in [9.17, 15) is 14.4 Å². The molecule has 3 aromatic rings. The second kappa shape index (κ2) is 16.0. The molecule has 0 unspecified atom stereocenters. The second-order valence-corrected chi connectivity index (χ2v) is 10.4. The van der Waals surface area contributed by atoms with E-state index in [1.54, 1.807) is 54.6 Å². The highest BCUT2D eigenvalue weighted by Gasteiger charge is 2.15. The molecule has 0 spiro atoms.